The lowest BCUT2D eigenvalue weighted by atomic mass is 10.2. The van der Waals surface area contributed by atoms with Crippen LogP contribution < -0.4 is 15.6 Å². The number of carbonyl (C=O) groups excluding carboxylic acids is 1. The van der Waals surface area contributed by atoms with Crippen molar-refractivity contribution in [3.8, 4) is 5.75 Å². The van der Waals surface area contributed by atoms with Crippen LogP contribution in [0.4, 0.5) is 5.69 Å². The zero-order valence-corrected chi connectivity index (χ0v) is 11.9. The molecule has 2 heterocycles. The number of nitrogens with one attached hydrogen (secondary N) is 1. The van der Waals surface area contributed by atoms with Crippen molar-refractivity contribution < 1.29 is 9.53 Å². The second-order valence-corrected chi connectivity index (χ2v) is 5.09. The Morgan fingerprint density at radius 2 is 2.10 bits per heavy atom. The Balaban J connectivity index is 1.88. The van der Waals surface area contributed by atoms with Crippen molar-refractivity contribution in [3.05, 3.63) is 58.0 Å². The van der Waals surface area contributed by atoms with E-state index in [1.54, 1.807) is 43.0 Å². The van der Waals surface area contributed by atoms with Crippen LogP contribution in [0.3, 0.4) is 0 Å². The number of benzene rings is 1. The minimum Gasteiger partial charge on any atom is -0.497 e. The van der Waals surface area contributed by atoms with E-state index in [1.807, 2.05) is 0 Å². The normalized spacial score (nSPS) is 10.5. The molecule has 3 aromatic rings. The Hall–Kier alpha value is -2.67. The number of hydrogen-bond donors (Lipinski definition) is 1. The molecule has 0 fully saturated rings. The van der Waals surface area contributed by atoms with E-state index in [0.29, 0.717) is 16.3 Å². The first kappa shape index (κ1) is 13.3. The van der Waals surface area contributed by atoms with Crippen molar-refractivity contribution in [1.29, 1.82) is 0 Å². The van der Waals surface area contributed by atoms with Crippen LogP contribution in [0.25, 0.3) is 4.96 Å². The Bertz CT molecular complexity index is 852. The maximum absolute atomic E-state index is 12.2. The van der Waals surface area contributed by atoms with Crippen LogP contribution in [-0.4, -0.2) is 22.4 Å². The summed E-state index contributed by atoms with van der Waals surface area (Å²) in [7, 11) is 1.55. The monoisotopic (exact) mass is 301 g/mol. The number of rotatable bonds is 3. The SMILES string of the molecule is COc1ccc(C(=O)Nc2cnc3sccn3c2=O)cc1. The highest BCUT2D eigenvalue weighted by molar-refractivity contribution is 7.15. The van der Waals surface area contributed by atoms with E-state index in [-0.39, 0.29) is 17.2 Å². The third-order valence-corrected chi connectivity index (χ3v) is 3.71. The van der Waals surface area contributed by atoms with Crippen LogP contribution in [0, 0.1) is 0 Å². The second-order valence-electron chi connectivity index (χ2n) is 4.22. The number of amides is 1. The molecule has 0 aliphatic carbocycles. The molecule has 21 heavy (non-hydrogen) atoms. The number of anilines is 1. The maximum atomic E-state index is 12.2. The van der Waals surface area contributed by atoms with Gasteiger partial charge in [-0.2, -0.15) is 0 Å². The minimum atomic E-state index is -0.369. The number of aromatic nitrogens is 2. The fraction of sp³-hybridized carbons (Fsp3) is 0.0714. The summed E-state index contributed by atoms with van der Waals surface area (Å²) in [5, 5.41) is 4.34. The molecule has 0 radical (unpaired) electrons. The molecule has 0 saturated heterocycles. The van der Waals surface area contributed by atoms with Crippen molar-refractivity contribution in [1.82, 2.24) is 9.38 Å². The van der Waals surface area contributed by atoms with Gasteiger partial charge in [0.05, 0.1) is 13.3 Å². The fourth-order valence-electron chi connectivity index (χ4n) is 1.85. The van der Waals surface area contributed by atoms with Gasteiger partial charge in [0.15, 0.2) is 4.96 Å². The van der Waals surface area contributed by atoms with Crippen LogP contribution in [0.15, 0.2) is 46.8 Å². The largest absolute Gasteiger partial charge is 0.497 e. The van der Waals surface area contributed by atoms with Gasteiger partial charge in [-0.25, -0.2) is 4.98 Å². The third-order valence-electron chi connectivity index (χ3n) is 2.94. The van der Waals surface area contributed by atoms with Crippen molar-refractivity contribution in [2.75, 3.05) is 12.4 Å². The molecule has 0 saturated carbocycles. The molecule has 0 bridgehead atoms. The average Bonchev–Trinajstić information content (AvgIpc) is 2.99. The van der Waals surface area contributed by atoms with E-state index in [0.717, 1.165) is 0 Å². The molecule has 7 heteroatoms. The van der Waals surface area contributed by atoms with Gasteiger partial charge < -0.3 is 10.1 Å². The molecule has 6 nitrogen and oxygen atoms in total. The van der Waals surface area contributed by atoms with Gasteiger partial charge in [-0.3, -0.25) is 14.0 Å². The summed E-state index contributed by atoms with van der Waals surface area (Å²) in [5.41, 5.74) is 0.278. The van der Waals surface area contributed by atoms with Crippen molar-refractivity contribution in [3.63, 3.8) is 0 Å². The lowest BCUT2D eigenvalue weighted by Gasteiger charge is -2.05. The van der Waals surface area contributed by atoms with Gasteiger partial charge in [0, 0.05) is 17.1 Å². The van der Waals surface area contributed by atoms with Gasteiger partial charge in [0.2, 0.25) is 0 Å². The topological polar surface area (TPSA) is 72.7 Å². The zero-order valence-electron chi connectivity index (χ0n) is 11.1. The Kier molecular flexibility index (Phi) is 3.41. The first-order valence-corrected chi connectivity index (χ1v) is 6.97. The molecule has 2 aromatic heterocycles. The van der Waals surface area contributed by atoms with Crippen LogP contribution in [0.1, 0.15) is 10.4 Å². The molecular weight excluding hydrogens is 290 g/mol. The van der Waals surface area contributed by atoms with Crippen LogP contribution in [-0.2, 0) is 0 Å². The molecule has 0 atom stereocenters. The number of hydrogen-bond acceptors (Lipinski definition) is 5. The van der Waals surface area contributed by atoms with Gasteiger partial charge in [0.25, 0.3) is 11.5 Å². The summed E-state index contributed by atoms with van der Waals surface area (Å²) in [6.45, 7) is 0. The standard InChI is InChI=1S/C14H11N3O3S/c1-20-10-4-2-9(3-5-10)12(18)16-11-8-15-14-17(13(11)19)6-7-21-14/h2-8H,1H3,(H,16,18). The number of ether oxygens (including phenoxy) is 1. The molecule has 1 aromatic carbocycles. The van der Waals surface area contributed by atoms with Gasteiger partial charge in [-0.05, 0) is 24.3 Å². The number of nitrogens with zero attached hydrogens (tertiary/aromatic N) is 2. The van der Waals surface area contributed by atoms with Crippen molar-refractivity contribution >= 4 is 27.9 Å². The summed E-state index contributed by atoms with van der Waals surface area (Å²) in [6.07, 6.45) is 2.99. The Morgan fingerprint density at radius 1 is 1.33 bits per heavy atom. The van der Waals surface area contributed by atoms with E-state index in [2.05, 4.69) is 10.3 Å². The number of carbonyl (C=O) groups is 1. The molecule has 1 amide bonds. The number of fused-ring (bicyclic) bond motifs is 1. The molecule has 0 aliphatic rings. The molecule has 106 valence electrons. The lowest BCUT2D eigenvalue weighted by Crippen LogP contribution is -2.22. The first-order chi connectivity index (χ1) is 10.2. The highest BCUT2D eigenvalue weighted by Gasteiger charge is 2.11. The summed E-state index contributed by atoms with van der Waals surface area (Å²) in [6, 6.07) is 6.62. The fourth-order valence-corrected chi connectivity index (χ4v) is 2.52. The highest BCUT2D eigenvalue weighted by atomic mass is 32.1. The lowest BCUT2D eigenvalue weighted by molar-refractivity contribution is 0.102. The molecule has 0 spiro atoms. The van der Waals surface area contributed by atoms with E-state index in [4.69, 9.17) is 4.74 Å². The molecule has 0 aliphatic heterocycles. The molecular formula is C14H11N3O3S. The van der Waals surface area contributed by atoms with E-state index < -0.39 is 0 Å². The predicted octanol–water partition coefficient (Wildman–Crippen LogP) is 2.02. The van der Waals surface area contributed by atoms with Gasteiger partial charge in [-0.15, -0.1) is 11.3 Å². The summed E-state index contributed by atoms with van der Waals surface area (Å²) >= 11 is 1.35. The zero-order chi connectivity index (χ0) is 14.8. The Morgan fingerprint density at radius 3 is 2.81 bits per heavy atom. The van der Waals surface area contributed by atoms with E-state index in [9.17, 15) is 9.59 Å². The minimum absolute atomic E-state index is 0.145. The second kappa shape index (κ2) is 5.37. The summed E-state index contributed by atoms with van der Waals surface area (Å²) < 4.78 is 6.43. The van der Waals surface area contributed by atoms with Crippen molar-refractivity contribution in [2.24, 2.45) is 0 Å². The average molecular weight is 301 g/mol. The van der Waals surface area contributed by atoms with E-state index >= 15 is 0 Å². The maximum Gasteiger partial charge on any atom is 0.282 e. The summed E-state index contributed by atoms with van der Waals surface area (Å²) in [4.78, 5) is 29.0. The van der Waals surface area contributed by atoms with Gasteiger partial charge in [0.1, 0.15) is 11.4 Å². The Labute approximate surface area is 123 Å². The molecule has 3 rings (SSSR count). The van der Waals surface area contributed by atoms with Crippen LogP contribution in [0.2, 0.25) is 0 Å². The molecule has 1 N–H and O–H groups in total. The van der Waals surface area contributed by atoms with E-state index in [1.165, 1.54) is 21.9 Å². The predicted molar refractivity (Wildman–Crippen MR) is 80.3 cm³/mol. The molecule has 0 unspecified atom stereocenters. The highest BCUT2D eigenvalue weighted by Crippen LogP contribution is 2.13. The quantitative estimate of drug-likeness (QED) is 0.803. The number of thiazole rings is 1. The third kappa shape index (κ3) is 2.50. The van der Waals surface area contributed by atoms with Crippen LogP contribution >= 0.6 is 11.3 Å². The summed E-state index contributed by atoms with van der Waals surface area (Å²) in [5.74, 6) is 0.291. The van der Waals surface area contributed by atoms with Gasteiger partial charge in [-0.1, -0.05) is 0 Å². The van der Waals surface area contributed by atoms with Gasteiger partial charge >= 0.3 is 0 Å². The first-order valence-electron chi connectivity index (χ1n) is 6.09. The smallest absolute Gasteiger partial charge is 0.282 e. The van der Waals surface area contributed by atoms with Crippen molar-refractivity contribution in [2.45, 2.75) is 0 Å². The number of methoxy groups -OCH3 is 1. The van der Waals surface area contributed by atoms with Crippen LogP contribution in [0.5, 0.6) is 5.75 Å².